The van der Waals surface area contributed by atoms with Crippen molar-refractivity contribution in [1.29, 1.82) is 0 Å². The second kappa shape index (κ2) is 7.00. The molecule has 0 bridgehead atoms. The number of ketones is 1. The minimum absolute atomic E-state index is 0.0148. The first-order chi connectivity index (χ1) is 10.0. The molecule has 2 rings (SSSR count). The Labute approximate surface area is 136 Å². The Balaban J connectivity index is 2.12. The molecule has 0 aliphatic rings. The van der Waals surface area contributed by atoms with Crippen LogP contribution in [0, 0.1) is 0 Å². The lowest BCUT2D eigenvalue weighted by Crippen LogP contribution is -2.27. The van der Waals surface area contributed by atoms with E-state index >= 15 is 0 Å². The van der Waals surface area contributed by atoms with E-state index in [1.165, 1.54) is 18.3 Å². The molecule has 21 heavy (non-hydrogen) atoms. The van der Waals surface area contributed by atoms with E-state index in [4.69, 9.17) is 0 Å². The Kier molecular flexibility index (Phi) is 5.31. The Morgan fingerprint density at radius 3 is 2.29 bits per heavy atom. The molecule has 0 fully saturated rings. The van der Waals surface area contributed by atoms with E-state index in [1.807, 2.05) is 31.2 Å². The molecular formula is C16H16BrNO2S. The van der Waals surface area contributed by atoms with Crippen LogP contribution in [0.5, 0.6) is 0 Å². The number of carbonyl (C=O) groups excluding carboxylic acids is 2. The van der Waals surface area contributed by atoms with Crippen molar-refractivity contribution in [2.24, 2.45) is 0 Å². The minimum atomic E-state index is -0.137. The van der Waals surface area contributed by atoms with E-state index in [2.05, 4.69) is 21.2 Å². The lowest BCUT2D eigenvalue weighted by molar-refractivity contribution is 0.0939. The number of amides is 1. The summed E-state index contributed by atoms with van der Waals surface area (Å²) < 4.78 is 1.01. The maximum Gasteiger partial charge on any atom is 0.261 e. The summed E-state index contributed by atoms with van der Waals surface area (Å²) in [5.41, 5.74) is 1.07. The number of hydrogen-bond acceptors (Lipinski definition) is 3. The molecule has 0 aliphatic carbocycles. The number of thiophene rings is 1. The third-order valence-corrected chi connectivity index (χ3v) is 4.88. The van der Waals surface area contributed by atoms with Gasteiger partial charge in [-0.3, -0.25) is 9.59 Å². The highest BCUT2D eigenvalue weighted by atomic mass is 79.9. The van der Waals surface area contributed by atoms with Gasteiger partial charge in [-0.25, -0.2) is 0 Å². The summed E-state index contributed by atoms with van der Waals surface area (Å²) >= 11 is 4.63. The lowest BCUT2D eigenvalue weighted by atomic mass is 10.0. The zero-order valence-corrected chi connectivity index (χ0v) is 14.3. The summed E-state index contributed by atoms with van der Waals surface area (Å²) in [4.78, 5) is 24.7. The molecule has 0 saturated carbocycles. The van der Waals surface area contributed by atoms with Crippen LogP contribution in [0.15, 0.2) is 40.9 Å². The van der Waals surface area contributed by atoms with Crippen LogP contribution in [0.1, 0.15) is 51.2 Å². The number of benzene rings is 1. The van der Waals surface area contributed by atoms with Gasteiger partial charge in [-0.15, -0.1) is 11.3 Å². The quantitative estimate of drug-likeness (QED) is 0.787. The third-order valence-electron chi connectivity index (χ3n) is 3.16. The zero-order valence-electron chi connectivity index (χ0n) is 11.9. The summed E-state index contributed by atoms with van der Waals surface area (Å²) in [6.45, 7) is 3.53. The Morgan fingerprint density at radius 1 is 1.14 bits per heavy atom. The lowest BCUT2D eigenvalue weighted by Gasteiger charge is -2.17. The molecule has 1 atom stereocenters. The second-order valence-corrected chi connectivity index (χ2v) is 6.71. The molecule has 1 unspecified atom stereocenters. The standard InChI is InChI=1S/C16H16BrNO2S/c1-3-13(11-4-6-12(17)7-5-11)18-16(20)15-9-8-14(21-15)10(2)19/h4-9,13H,3H2,1-2H3,(H,18,20). The van der Waals surface area contributed by atoms with Crippen molar-refractivity contribution in [3.05, 3.63) is 56.2 Å². The molecule has 0 spiro atoms. The molecule has 3 nitrogen and oxygen atoms in total. The smallest absolute Gasteiger partial charge is 0.261 e. The van der Waals surface area contributed by atoms with Crippen LogP contribution >= 0.6 is 27.3 Å². The molecule has 2 aromatic rings. The van der Waals surface area contributed by atoms with Crippen LogP contribution in [-0.4, -0.2) is 11.7 Å². The maximum absolute atomic E-state index is 12.3. The Morgan fingerprint density at radius 2 is 1.76 bits per heavy atom. The normalized spacial score (nSPS) is 12.0. The highest BCUT2D eigenvalue weighted by Gasteiger charge is 2.16. The first kappa shape index (κ1) is 15.9. The highest BCUT2D eigenvalue weighted by Crippen LogP contribution is 2.22. The maximum atomic E-state index is 12.3. The molecule has 1 N–H and O–H groups in total. The zero-order chi connectivity index (χ0) is 15.4. The van der Waals surface area contributed by atoms with Crippen LogP contribution in [0.25, 0.3) is 0 Å². The van der Waals surface area contributed by atoms with Crippen molar-refractivity contribution in [2.75, 3.05) is 0 Å². The molecule has 0 saturated heterocycles. The topological polar surface area (TPSA) is 46.2 Å². The summed E-state index contributed by atoms with van der Waals surface area (Å²) in [6, 6.07) is 11.3. The van der Waals surface area contributed by atoms with Crippen molar-refractivity contribution in [3.8, 4) is 0 Å². The second-order valence-electron chi connectivity index (χ2n) is 4.71. The van der Waals surface area contributed by atoms with Gasteiger partial charge in [-0.2, -0.15) is 0 Å². The van der Waals surface area contributed by atoms with Crippen molar-refractivity contribution in [3.63, 3.8) is 0 Å². The fraction of sp³-hybridized carbons (Fsp3) is 0.250. The summed E-state index contributed by atoms with van der Waals surface area (Å²) in [7, 11) is 0. The SMILES string of the molecule is CCC(NC(=O)c1ccc(C(C)=O)s1)c1ccc(Br)cc1. The fourth-order valence-corrected chi connectivity index (χ4v) is 3.06. The van der Waals surface area contributed by atoms with Gasteiger partial charge in [0.2, 0.25) is 0 Å². The van der Waals surface area contributed by atoms with E-state index in [0.717, 1.165) is 16.5 Å². The predicted molar refractivity (Wildman–Crippen MR) is 89.0 cm³/mol. The molecule has 5 heteroatoms. The molecule has 1 heterocycles. The Bertz CT molecular complexity index is 649. The summed E-state index contributed by atoms with van der Waals surface area (Å²) in [5.74, 6) is -0.152. The van der Waals surface area contributed by atoms with Gasteiger partial charge in [-0.1, -0.05) is 35.0 Å². The van der Waals surface area contributed by atoms with Crippen LogP contribution in [0.3, 0.4) is 0 Å². The van der Waals surface area contributed by atoms with Gasteiger partial charge in [0, 0.05) is 4.47 Å². The number of carbonyl (C=O) groups is 2. The first-order valence-corrected chi connectivity index (χ1v) is 8.29. The van der Waals surface area contributed by atoms with Crippen LogP contribution in [0.4, 0.5) is 0 Å². The monoisotopic (exact) mass is 365 g/mol. The molecule has 110 valence electrons. The molecule has 0 radical (unpaired) electrons. The molecule has 0 aliphatic heterocycles. The van der Waals surface area contributed by atoms with Crippen LogP contribution < -0.4 is 5.32 Å². The van der Waals surface area contributed by atoms with Gasteiger partial charge < -0.3 is 5.32 Å². The minimum Gasteiger partial charge on any atom is -0.345 e. The van der Waals surface area contributed by atoms with Crippen molar-refractivity contribution in [2.45, 2.75) is 26.3 Å². The van der Waals surface area contributed by atoms with Crippen molar-refractivity contribution >= 4 is 39.0 Å². The van der Waals surface area contributed by atoms with Gasteiger partial charge in [0.1, 0.15) is 0 Å². The van der Waals surface area contributed by atoms with Gasteiger partial charge in [0.25, 0.3) is 5.91 Å². The molecule has 1 aromatic carbocycles. The number of rotatable bonds is 5. The summed E-state index contributed by atoms with van der Waals surface area (Å²) in [5, 5.41) is 3.02. The number of nitrogens with one attached hydrogen (secondary N) is 1. The van der Waals surface area contributed by atoms with Gasteiger partial charge in [0.15, 0.2) is 5.78 Å². The Hall–Kier alpha value is -1.46. The van der Waals surface area contributed by atoms with Crippen molar-refractivity contribution in [1.82, 2.24) is 5.32 Å². The van der Waals surface area contributed by atoms with Gasteiger partial charge in [-0.05, 0) is 43.2 Å². The van der Waals surface area contributed by atoms with E-state index in [1.54, 1.807) is 12.1 Å². The first-order valence-electron chi connectivity index (χ1n) is 6.68. The average Bonchev–Trinajstić information content (AvgIpc) is 2.96. The number of Topliss-reactive ketones (excluding diaryl/α,β-unsaturated/α-hetero) is 1. The third kappa shape index (κ3) is 4.02. The van der Waals surface area contributed by atoms with E-state index in [9.17, 15) is 9.59 Å². The predicted octanol–water partition coefficient (Wildman–Crippen LogP) is 4.59. The van der Waals surface area contributed by atoms with Gasteiger partial charge >= 0.3 is 0 Å². The molecule has 1 amide bonds. The molecular weight excluding hydrogens is 350 g/mol. The number of halogens is 1. The number of hydrogen-bond donors (Lipinski definition) is 1. The average molecular weight is 366 g/mol. The highest BCUT2D eigenvalue weighted by molar-refractivity contribution is 9.10. The van der Waals surface area contributed by atoms with Crippen LogP contribution in [0.2, 0.25) is 0 Å². The fourth-order valence-electron chi connectivity index (χ4n) is 1.99. The largest absolute Gasteiger partial charge is 0.345 e. The van der Waals surface area contributed by atoms with Gasteiger partial charge in [0.05, 0.1) is 15.8 Å². The van der Waals surface area contributed by atoms with Crippen molar-refractivity contribution < 1.29 is 9.59 Å². The molecule has 1 aromatic heterocycles. The van der Waals surface area contributed by atoms with E-state index in [-0.39, 0.29) is 17.7 Å². The van der Waals surface area contributed by atoms with E-state index < -0.39 is 0 Å². The van der Waals surface area contributed by atoms with E-state index in [0.29, 0.717) is 9.75 Å². The van der Waals surface area contributed by atoms with Crippen LogP contribution in [-0.2, 0) is 0 Å². The summed E-state index contributed by atoms with van der Waals surface area (Å²) in [6.07, 6.45) is 0.804.